The smallest absolute Gasteiger partial charge is 0.328 e. The number of allylic oxidation sites excluding steroid dienone is 2. The number of rotatable bonds is 7. The molecule has 0 aromatic heterocycles. The van der Waals surface area contributed by atoms with Crippen LogP contribution in [0.15, 0.2) is 12.2 Å². The van der Waals surface area contributed by atoms with Crippen molar-refractivity contribution >= 4 is 23.8 Å². The number of carbonyl (C=O) groups excluding carboxylic acids is 4. The summed E-state index contributed by atoms with van der Waals surface area (Å²) in [5.41, 5.74) is 0. The van der Waals surface area contributed by atoms with Gasteiger partial charge < -0.3 is 9.74 Å². The van der Waals surface area contributed by atoms with Crippen molar-refractivity contribution in [2.45, 2.75) is 45.6 Å². The van der Waals surface area contributed by atoms with Gasteiger partial charge in [-0.15, -0.1) is 5.06 Å². The molecule has 9 nitrogen and oxygen atoms in total. The van der Waals surface area contributed by atoms with E-state index in [4.69, 9.17) is 9.68 Å². The molecule has 3 fully saturated rings. The normalized spacial score (nSPS) is 33.1. The second-order valence-electron chi connectivity index (χ2n) is 8.04. The highest BCUT2D eigenvalue weighted by Crippen LogP contribution is 2.52. The van der Waals surface area contributed by atoms with Gasteiger partial charge in [-0.05, 0) is 38.0 Å². The minimum Gasteiger partial charge on any atom is -0.328 e. The number of hydroxylamine groups is 4. The zero-order valence-corrected chi connectivity index (χ0v) is 16.8. The first-order valence-corrected chi connectivity index (χ1v) is 10.5. The summed E-state index contributed by atoms with van der Waals surface area (Å²) in [6.45, 7) is 4.76. The Morgan fingerprint density at radius 3 is 2.34 bits per heavy atom. The van der Waals surface area contributed by atoms with Crippen LogP contribution in [0.25, 0.3) is 0 Å². The highest BCUT2D eigenvalue weighted by molar-refractivity contribution is 6.06. The number of hydrogen-bond acceptors (Lipinski definition) is 6. The second kappa shape index (κ2) is 7.78. The van der Waals surface area contributed by atoms with Crippen molar-refractivity contribution in [3.8, 4) is 0 Å². The number of hydrogen-bond donors (Lipinski definition) is 0. The van der Waals surface area contributed by atoms with E-state index in [2.05, 4.69) is 0 Å². The first-order valence-electron chi connectivity index (χ1n) is 10.5. The average molecular weight is 405 g/mol. The number of amides is 4. The van der Waals surface area contributed by atoms with Crippen molar-refractivity contribution in [1.82, 2.24) is 15.0 Å². The van der Waals surface area contributed by atoms with Gasteiger partial charge in [0.05, 0.1) is 25.0 Å². The Kier molecular flexibility index (Phi) is 5.33. The molecule has 4 unspecified atom stereocenters. The predicted molar refractivity (Wildman–Crippen MR) is 99.4 cm³/mol. The van der Waals surface area contributed by atoms with Crippen molar-refractivity contribution in [3.63, 3.8) is 0 Å². The molecule has 2 aliphatic carbocycles. The largest absolute Gasteiger partial charge is 0.355 e. The van der Waals surface area contributed by atoms with Gasteiger partial charge in [-0.3, -0.25) is 14.4 Å². The van der Waals surface area contributed by atoms with Gasteiger partial charge >= 0.3 is 12.0 Å². The van der Waals surface area contributed by atoms with Crippen LogP contribution < -0.4 is 0 Å². The van der Waals surface area contributed by atoms with E-state index in [9.17, 15) is 19.2 Å². The summed E-state index contributed by atoms with van der Waals surface area (Å²) in [5.74, 6) is -2.41. The lowest BCUT2D eigenvalue weighted by molar-refractivity contribution is -0.205. The van der Waals surface area contributed by atoms with Crippen molar-refractivity contribution < 1.29 is 28.9 Å². The fraction of sp³-hybridized carbons (Fsp3) is 0.700. The third-order valence-electron chi connectivity index (χ3n) is 6.41. The van der Waals surface area contributed by atoms with Gasteiger partial charge in [-0.1, -0.05) is 25.5 Å². The second-order valence-corrected chi connectivity index (χ2v) is 8.04. The summed E-state index contributed by atoms with van der Waals surface area (Å²) < 4.78 is 0. The molecule has 9 heteroatoms. The third-order valence-corrected chi connectivity index (χ3v) is 6.41. The quantitative estimate of drug-likeness (QED) is 0.362. The van der Waals surface area contributed by atoms with Gasteiger partial charge in [0.1, 0.15) is 6.04 Å². The highest BCUT2D eigenvalue weighted by Gasteiger charge is 2.61. The summed E-state index contributed by atoms with van der Waals surface area (Å²) >= 11 is 0. The summed E-state index contributed by atoms with van der Waals surface area (Å²) in [6, 6.07) is -1.26. The number of imide groups is 1. The molecule has 4 aliphatic rings. The summed E-state index contributed by atoms with van der Waals surface area (Å²) in [5, 5.41) is 1.91. The molecule has 4 amide bonds. The Bertz CT molecular complexity index is 722. The highest BCUT2D eigenvalue weighted by atomic mass is 16.7. The number of unbranched alkanes of at least 4 members (excludes halogenated alkanes) is 1. The standard InChI is InChI=1S/C20H27N3O6/c1-3-5-10-28-22-9-8-14(21(4-2)20(22)27)19(26)29-23-17(24)15-12-6-7-13(11-12)16(15)18(23)25/h6-7,12-16H,3-5,8-11H2,1-2H3/t12?,13?,14-,15?,16?/m0/s1. The molecule has 0 aromatic carbocycles. The van der Waals surface area contributed by atoms with E-state index in [-0.39, 0.29) is 24.9 Å². The molecule has 29 heavy (non-hydrogen) atoms. The van der Waals surface area contributed by atoms with E-state index in [1.54, 1.807) is 6.92 Å². The van der Waals surface area contributed by atoms with E-state index in [1.807, 2.05) is 19.1 Å². The van der Waals surface area contributed by atoms with Gasteiger partial charge in [0, 0.05) is 6.54 Å². The van der Waals surface area contributed by atoms with Gasteiger partial charge in [0.15, 0.2) is 0 Å². The zero-order valence-electron chi connectivity index (χ0n) is 16.8. The minimum atomic E-state index is -0.852. The lowest BCUT2D eigenvalue weighted by Crippen LogP contribution is -2.58. The van der Waals surface area contributed by atoms with Gasteiger partial charge in [0.25, 0.3) is 11.8 Å². The van der Waals surface area contributed by atoms with Crippen LogP contribution in [-0.2, 0) is 24.1 Å². The van der Waals surface area contributed by atoms with E-state index < -0.39 is 41.7 Å². The maximum Gasteiger partial charge on any atom is 0.355 e. The van der Waals surface area contributed by atoms with E-state index in [0.717, 1.165) is 19.3 Å². The molecule has 1 saturated carbocycles. The summed E-state index contributed by atoms with van der Waals surface area (Å²) in [4.78, 5) is 63.0. The Balaban J connectivity index is 1.40. The predicted octanol–water partition coefficient (Wildman–Crippen LogP) is 1.50. The van der Waals surface area contributed by atoms with Crippen LogP contribution >= 0.6 is 0 Å². The first kappa shape index (κ1) is 19.9. The van der Waals surface area contributed by atoms with Crippen LogP contribution in [0.4, 0.5) is 4.79 Å². The fourth-order valence-corrected chi connectivity index (χ4v) is 4.92. The Morgan fingerprint density at radius 2 is 1.76 bits per heavy atom. The van der Waals surface area contributed by atoms with Crippen molar-refractivity contribution in [1.29, 1.82) is 0 Å². The van der Waals surface area contributed by atoms with Crippen LogP contribution in [0.5, 0.6) is 0 Å². The number of urea groups is 1. The fourth-order valence-electron chi connectivity index (χ4n) is 4.92. The molecule has 2 saturated heterocycles. The SMILES string of the molecule is CCCCON1CC[C@@H](C(=O)ON2C(=O)C3C4C=CC(C4)C3C2=O)N(CC)C1=O. The van der Waals surface area contributed by atoms with E-state index in [1.165, 1.54) is 9.96 Å². The summed E-state index contributed by atoms with van der Waals surface area (Å²) in [7, 11) is 0. The molecular weight excluding hydrogens is 378 g/mol. The Morgan fingerprint density at radius 1 is 1.10 bits per heavy atom. The molecule has 0 N–H and O–H groups in total. The molecular formula is C20H27N3O6. The molecule has 4 rings (SSSR count). The van der Waals surface area contributed by atoms with Gasteiger partial charge in [0.2, 0.25) is 0 Å². The van der Waals surface area contributed by atoms with E-state index >= 15 is 0 Å². The van der Waals surface area contributed by atoms with Crippen LogP contribution in [0.2, 0.25) is 0 Å². The number of nitrogens with zero attached hydrogens (tertiary/aromatic N) is 3. The molecule has 5 atom stereocenters. The maximum atomic E-state index is 12.8. The number of carbonyl (C=O) groups is 4. The third kappa shape index (κ3) is 3.21. The lowest BCUT2D eigenvalue weighted by Gasteiger charge is -2.38. The van der Waals surface area contributed by atoms with Crippen molar-refractivity contribution in [2.24, 2.45) is 23.7 Å². The Labute approximate surface area is 169 Å². The van der Waals surface area contributed by atoms with Gasteiger partial charge in [-0.2, -0.15) is 0 Å². The molecule has 0 spiro atoms. The number of fused-ring (bicyclic) bond motifs is 5. The maximum absolute atomic E-state index is 12.8. The molecule has 158 valence electrons. The minimum absolute atomic E-state index is 0.0439. The molecule has 2 bridgehead atoms. The topological polar surface area (TPSA) is 96.5 Å². The average Bonchev–Trinajstić information content (AvgIpc) is 3.39. The van der Waals surface area contributed by atoms with Crippen LogP contribution in [0.3, 0.4) is 0 Å². The lowest BCUT2D eigenvalue weighted by atomic mass is 9.85. The molecule has 0 aromatic rings. The summed E-state index contributed by atoms with van der Waals surface area (Å²) in [6.07, 6.45) is 6.86. The molecule has 2 heterocycles. The van der Waals surface area contributed by atoms with E-state index in [0.29, 0.717) is 18.1 Å². The first-order chi connectivity index (χ1) is 14.0. The Hall–Kier alpha value is -2.42. The van der Waals surface area contributed by atoms with Crippen molar-refractivity contribution in [3.05, 3.63) is 12.2 Å². The number of likely N-dealkylation sites (N-methyl/N-ethyl adjacent to an activating group) is 1. The van der Waals surface area contributed by atoms with Crippen LogP contribution in [0, 0.1) is 23.7 Å². The molecule has 2 aliphatic heterocycles. The monoisotopic (exact) mass is 405 g/mol. The zero-order chi connectivity index (χ0) is 20.7. The van der Waals surface area contributed by atoms with Crippen molar-refractivity contribution in [2.75, 3.05) is 19.7 Å². The van der Waals surface area contributed by atoms with Crippen LogP contribution in [-0.4, -0.2) is 64.6 Å². The van der Waals surface area contributed by atoms with Crippen LogP contribution in [0.1, 0.15) is 39.5 Å². The van der Waals surface area contributed by atoms with Gasteiger partial charge in [-0.25, -0.2) is 14.7 Å². The molecule has 0 radical (unpaired) electrons.